The van der Waals surface area contributed by atoms with Crippen LogP contribution in [0.2, 0.25) is 0 Å². The second-order valence-corrected chi connectivity index (χ2v) is 19.1. The quantitative estimate of drug-likeness (QED) is 0.0475. The molecule has 0 radical (unpaired) electrons. The fourth-order valence-corrected chi connectivity index (χ4v) is 11.1. The summed E-state index contributed by atoms with van der Waals surface area (Å²) in [4.78, 5) is 19.3. The summed E-state index contributed by atoms with van der Waals surface area (Å²) >= 11 is 0. The van der Waals surface area contributed by atoms with Crippen molar-refractivity contribution in [1.82, 2.24) is 15.6 Å². The Labute approximate surface area is 376 Å². The van der Waals surface area contributed by atoms with Crippen LogP contribution in [-0.2, 0) is 42.8 Å². The minimum Gasteiger partial charge on any atom is -0.670 e. The zero-order valence-corrected chi connectivity index (χ0v) is 37.5. The Morgan fingerprint density at radius 2 is 1.71 bits per heavy atom. The van der Waals surface area contributed by atoms with Crippen molar-refractivity contribution in [2.24, 2.45) is 5.92 Å². The average molecular weight is 891 g/mol. The Balaban J connectivity index is 1.23. The molecule has 0 fully saturated rings. The Morgan fingerprint density at radius 3 is 2.51 bits per heavy atom. The van der Waals surface area contributed by atoms with Crippen LogP contribution in [0.15, 0.2) is 103 Å². The Morgan fingerprint density at radius 1 is 0.921 bits per heavy atom. The largest absolute Gasteiger partial charge is 0.670 e. The zero-order chi connectivity index (χ0) is 44.5. The molecule has 1 aliphatic rings. The van der Waals surface area contributed by atoms with Gasteiger partial charge in [0.15, 0.2) is 23.0 Å². The highest BCUT2D eigenvalue weighted by atomic mass is 33.1. The van der Waals surface area contributed by atoms with E-state index in [1.807, 2.05) is 43.4 Å². The van der Waals surface area contributed by atoms with Gasteiger partial charge in [0, 0.05) is 54.5 Å². The third-order valence-corrected chi connectivity index (χ3v) is 14.3. The number of ether oxygens (including phenoxy) is 2. The van der Waals surface area contributed by atoms with E-state index in [1.54, 1.807) is 56.8 Å². The number of aliphatic hydroxyl groups excluding tert-OH is 1. The third kappa shape index (κ3) is 11.5. The highest BCUT2D eigenvalue weighted by molar-refractivity contribution is 8.76. The number of aliphatic hydroxyl groups is 2. The first kappa shape index (κ1) is 45.9. The van der Waals surface area contributed by atoms with Gasteiger partial charge in [-0.2, -0.15) is 12.4 Å². The van der Waals surface area contributed by atoms with E-state index in [0.717, 1.165) is 49.7 Å². The molecule has 4 atom stereocenters. The summed E-state index contributed by atoms with van der Waals surface area (Å²) in [6, 6.07) is 28.3. The molecule has 0 amide bonds. The molecule has 1 aliphatic heterocycles. The van der Waals surface area contributed by atoms with E-state index in [9.17, 15) is 25.5 Å². The second kappa shape index (κ2) is 21.0. The molecule has 332 valence electrons. The molecule has 7 rings (SSSR count). The number of ketones is 1. The predicted molar refractivity (Wildman–Crippen MR) is 251 cm³/mol. The maximum absolute atomic E-state index is 15.0. The fraction of sp³-hybridized carbons (Fsp3) is 0.340. The predicted octanol–water partition coefficient (Wildman–Crippen LogP) is 7.55. The van der Waals surface area contributed by atoms with Gasteiger partial charge in [0.25, 0.3) is 0 Å². The summed E-state index contributed by atoms with van der Waals surface area (Å²) in [5, 5.41) is 64.6. The molecule has 0 aliphatic carbocycles. The lowest BCUT2D eigenvalue weighted by atomic mass is 9.80. The number of hydrogen-bond acceptors (Lipinski definition) is 12. The van der Waals surface area contributed by atoms with Gasteiger partial charge in [0.05, 0.1) is 18.8 Å². The molecule has 13 heteroatoms. The minimum absolute atomic E-state index is 0.0191. The molecule has 0 bridgehead atoms. The number of aromatic nitrogens is 1. The number of aromatic hydroxyl groups is 3. The molecule has 0 spiro atoms. The molecule has 63 heavy (non-hydrogen) atoms. The van der Waals surface area contributed by atoms with E-state index in [1.165, 1.54) is 21.6 Å². The van der Waals surface area contributed by atoms with Gasteiger partial charge in [0.1, 0.15) is 18.3 Å². The highest BCUT2D eigenvalue weighted by Crippen LogP contribution is 2.42. The number of phenols is 3. The van der Waals surface area contributed by atoms with Crippen molar-refractivity contribution in [3.8, 4) is 28.7 Å². The smallest absolute Gasteiger partial charge is 0.167 e. The van der Waals surface area contributed by atoms with Crippen molar-refractivity contribution < 1.29 is 39.8 Å². The van der Waals surface area contributed by atoms with Crippen molar-refractivity contribution in [2.75, 3.05) is 33.2 Å². The Kier molecular flexibility index (Phi) is 15.3. The van der Waals surface area contributed by atoms with Gasteiger partial charge >= 0.3 is 0 Å². The molecule has 2 heterocycles. The number of hydrogen-bond donors (Lipinski definition) is 7. The lowest BCUT2D eigenvalue weighted by Crippen LogP contribution is -2.41. The maximum atomic E-state index is 15.0. The average Bonchev–Trinajstić information content (AvgIpc) is 3.77. The SMILES string of the molecule is CNCc1cc(O)cc([C@@H](Cc2ccc(O)c3c2CSSC[C@](C)(O)CNCO3)C(=O)C[C@@H](O)[C@H](Cc2cc[n-]c2)Cc2ccc(O)c(OC)c2Cc2cccc3ccccc23)c1. The van der Waals surface area contributed by atoms with Crippen LogP contribution in [0.4, 0.5) is 0 Å². The number of benzene rings is 5. The number of rotatable bonds is 16. The number of carbonyl (C=O) groups excluding carboxylic acids is 1. The number of methoxy groups -OCH3 is 1. The van der Waals surface area contributed by atoms with E-state index < -0.39 is 23.5 Å². The van der Waals surface area contributed by atoms with Crippen molar-refractivity contribution in [1.29, 1.82) is 0 Å². The van der Waals surface area contributed by atoms with Gasteiger partial charge < -0.3 is 45.3 Å². The van der Waals surface area contributed by atoms with Crippen LogP contribution in [-0.4, -0.2) is 76.2 Å². The number of β-amino-alcohol motifs (C(OH)–C–C–N with tert-alkyl or cyclic N) is 1. The monoisotopic (exact) mass is 890 g/mol. The summed E-state index contributed by atoms with van der Waals surface area (Å²) in [6.45, 7) is 2.58. The van der Waals surface area contributed by atoms with Gasteiger partial charge in [0.2, 0.25) is 0 Å². The standard InChI is InChI=1S/C50H56N3O8S2/c1-50(59)28-53-30-61-49-43(27-62-63-29-50)36(12-14-45(49)56)22-41(37-18-32(25-51-2)19-39(54)21-37)47(58)24-46(57)38(17-31-15-16-52-26-31)20-35-11-13-44(55)48(60-3)42(35)23-34-9-6-8-33-7-4-5-10-40(33)34/h4-16,18-19,21,26,38,41,46,51,53-57,59H,17,20,22-25,27-30H2,1-3H3/q-1/t38-,41-,46-,50-/m1/s1. The normalized spacial score (nSPS) is 17.2. The van der Waals surface area contributed by atoms with Crippen molar-refractivity contribution >= 4 is 38.1 Å². The summed E-state index contributed by atoms with van der Waals surface area (Å²) < 4.78 is 11.9. The van der Waals surface area contributed by atoms with Crippen LogP contribution >= 0.6 is 21.6 Å². The van der Waals surface area contributed by atoms with E-state index in [-0.39, 0.29) is 42.6 Å². The lowest BCUT2D eigenvalue weighted by Gasteiger charge is -2.27. The zero-order valence-electron chi connectivity index (χ0n) is 35.8. The van der Waals surface area contributed by atoms with Gasteiger partial charge in [-0.15, -0.1) is 0 Å². The van der Waals surface area contributed by atoms with Gasteiger partial charge in [-0.1, -0.05) is 93.9 Å². The van der Waals surface area contributed by atoms with Crippen molar-refractivity contribution in [3.05, 3.63) is 148 Å². The number of nitrogens with zero attached hydrogens (tertiary/aromatic N) is 1. The molecular weight excluding hydrogens is 835 g/mol. The summed E-state index contributed by atoms with van der Waals surface area (Å²) in [5.74, 6) is 0.134. The van der Waals surface area contributed by atoms with Gasteiger partial charge in [-0.05, 0) is 102 Å². The molecule has 1 aromatic heterocycles. The number of fused-ring (bicyclic) bond motifs is 2. The molecule has 11 nitrogen and oxygen atoms in total. The maximum Gasteiger partial charge on any atom is 0.167 e. The highest BCUT2D eigenvalue weighted by Gasteiger charge is 2.31. The van der Waals surface area contributed by atoms with Crippen LogP contribution in [0.25, 0.3) is 10.8 Å². The van der Waals surface area contributed by atoms with E-state index >= 15 is 4.79 Å². The molecular formula is C50H56N3O8S2-. The van der Waals surface area contributed by atoms with E-state index in [4.69, 9.17) is 9.47 Å². The van der Waals surface area contributed by atoms with Gasteiger partial charge in [-0.25, -0.2) is 0 Å². The Bertz CT molecular complexity index is 2490. The molecule has 0 saturated heterocycles. The Hall–Kier alpha value is -5.15. The van der Waals surface area contributed by atoms with Crippen LogP contribution < -0.4 is 25.1 Å². The second-order valence-electron chi connectivity index (χ2n) is 16.7. The van der Waals surface area contributed by atoms with E-state index in [2.05, 4.69) is 39.9 Å². The number of nitrogens with one attached hydrogen (secondary N) is 2. The molecule has 5 aromatic carbocycles. The summed E-state index contributed by atoms with van der Waals surface area (Å²) in [7, 11) is 6.40. The van der Waals surface area contributed by atoms with Crippen LogP contribution in [0.3, 0.4) is 0 Å². The van der Waals surface area contributed by atoms with Crippen LogP contribution in [0.1, 0.15) is 63.8 Å². The molecule has 0 saturated carbocycles. The van der Waals surface area contributed by atoms with Crippen LogP contribution in [0.5, 0.6) is 28.7 Å². The van der Waals surface area contributed by atoms with Gasteiger partial charge in [-0.3, -0.25) is 10.1 Å². The van der Waals surface area contributed by atoms with E-state index in [0.29, 0.717) is 60.9 Å². The topological polar surface area (TPSA) is 175 Å². The fourth-order valence-electron chi connectivity index (χ4n) is 8.57. The lowest BCUT2D eigenvalue weighted by molar-refractivity contribution is -0.123. The van der Waals surface area contributed by atoms with Crippen molar-refractivity contribution in [3.63, 3.8) is 0 Å². The molecule has 0 unspecified atom stereocenters. The first-order valence-electron chi connectivity index (χ1n) is 21.1. The molecule has 7 N–H and O–H groups in total. The first-order chi connectivity index (χ1) is 30.4. The minimum atomic E-state index is -1.10. The first-order valence-corrected chi connectivity index (χ1v) is 23.6. The van der Waals surface area contributed by atoms with Crippen molar-refractivity contribution in [2.45, 2.75) is 68.9 Å². The number of carbonyl (C=O) groups is 1. The van der Waals surface area contributed by atoms with Crippen LogP contribution in [0, 0.1) is 5.92 Å². The molecule has 6 aromatic rings. The summed E-state index contributed by atoms with van der Waals surface area (Å²) in [6.07, 6.45) is 3.69. The third-order valence-electron chi connectivity index (χ3n) is 11.8. The number of phenolic OH excluding ortho intramolecular Hbond substituents is 3. The number of Topliss-reactive ketones (excluding diaryl/α,β-unsaturated/α-hetero) is 1. The summed E-state index contributed by atoms with van der Waals surface area (Å²) in [5.41, 5.74) is 5.61.